The predicted molar refractivity (Wildman–Crippen MR) is 92.8 cm³/mol. The lowest BCUT2D eigenvalue weighted by atomic mass is 10.1. The Hall–Kier alpha value is -1.75. The summed E-state index contributed by atoms with van der Waals surface area (Å²) in [6, 6.07) is 14.5. The highest BCUT2D eigenvalue weighted by molar-refractivity contribution is 6.31. The van der Waals surface area contributed by atoms with Gasteiger partial charge >= 0.3 is 0 Å². The predicted octanol–water partition coefficient (Wildman–Crippen LogP) is 0.552. The van der Waals surface area contributed by atoms with Crippen molar-refractivity contribution >= 4 is 11.6 Å². The van der Waals surface area contributed by atoms with Crippen molar-refractivity contribution in [1.29, 1.82) is 0 Å². The van der Waals surface area contributed by atoms with Crippen LogP contribution in [0.4, 0.5) is 0 Å². The molecule has 4 nitrogen and oxygen atoms in total. The van der Waals surface area contributed by atoms with Crippen LogP contribution in [-0.2, 0) is 13.1 Å². The van der Waals surface area contributed by atoms with Gasteiger partial charge in [-0.3, -0.25) is 0 Å². The highest BCUT2D eigenvalue weighted by atomic mass is 35.5. The second-order valence-electron chi connectivity index (χ2n) is 6.63. The molecule has 1 fully saturated rings. The van der Waals surface area contributed by atoms with Crippen LogP contribution in [0.1, 0.15) is 11.1 Å². The van der Waals surface area contributed by atoms with E-state index in [-0.39, 0.29) is 0 Å². The van der Waals surface area contributed by atoms with Crippen LogP contribution in [0.25, 0.3) is 0 Å². The molecule has 0 atom stereocenters. The first-order chi connectivity index (χ1) is 11.8. The molecule has 24 heavy (non-hydrogen) atoms. The van der Waals surface area contributed by atoms with Crippen molar-refractivity contribution in [3.63, 3.8) is 0 Å². The summed E-state index contributed by atoms with van der Waals surface area (Å²) in [6.07, 6.45) is 0. The van der Waals surface area contributed by atoms with E-state index in [1.807, 2.05) is 18.2 Å². The van der Waals surface area contributed by atoms with Gasteiger partial charge in [-0.05, 0) is 24.3 Å². The number of hydrogen-bond donors (Lipinski definition) is 2. The topological polar surface area (TPSA) is 27.3 Å². The van der Waals surface area contributed by atoms with Crippen LogP contribution in [0.15, 0.2) is 42.5 Å². The van der Waals surface area contributed by atoms with Gasteiger partial charge in [0.05, 0.1) is 0 Å². The number of ether oxygens (including phenoxy) is 2. The van der Waals surface area contributed by atoms with Gasteiger partial charge in [-0.15, -0.1) is 0 Å². The Balaban J connectivity index is 1.31. The molecule has 2 heterocycles. The van der Waals surface area contributed by atoms with Gasteiger partial charge in [-0.1, -0.05) is 29.8 Å². The first-order valence-corrected chi connectivity index (χ1v) is 8.95. The van der Waals surface area contributed by atoms with E-state index < -0.39 is 0 Å². The summed E-state index contributed by atoms with van der Waals surface area (Å²) >= 11 is 6.29. The van der Waals surface area contributed by atoms with Gasteiger partial charge < -0.3 is 19.3 Å². The van der Waals surface area contributed by atoms with Gasteiger partial charge in [0.15, 0.2) is 11.5 Å². The summed E-state index contributed by atoms with van der Waals surface area (Å²) in [4.78, 5) is 3.26. The third-order valence-corrected chi connectivity index (χ3v) is 5.32. The number of benzene rings is 2. The van der Waals surface area contributed by atoms with E-state index in [4.69, 9.17) is 21.1 Å². The molecule has 2 aliphatic rings. The fraction of sp³-hybridized carbons (Fsp3) is 0.368. The summed E-state index contributed by atoms with van der Waals surface area (Å²) in [7, 11) is 0. The summed E-state index contributed by atoms with van der Waals surface area (Å²) in [5.74, 6) is 1.75. The number of piperazine rings is 1. The number of quaternary nitrogens is 2. The molecule has 2 aromatic carbocycles. The van der Waals surface area contributed by atoms with Gasteiger partial charge in [0, 0.05) is 16.1 Å². The van der Waals surface area contributed by atoms with Gasteiger partial charge in [0.25, 0.3) is 0 Å². The van der Waals surface area contributed by atoms with Crippen LogP contribution in [0.2, 0.25) is 5.02 Å². The standard InChI is InChI=1S/C19H21ClN2O2/c20-17-4-2-1-3-16(17)13-22-9-7-21(8-10-22)12-15-5-6-18-19(11-15)24-14-23-18/h1-6,11H,7-10,12-14H2/p+2. The van der Waals surface area contributed by atoms with E-state index in [0.29, 0.717) is 6.79 Å². The largest absolute Gasteiger partial charge is 0.454 e. The smallest absolute Gasteiger partial charge is 0.231 e. The lowest BCUT2D eigenvalue weighted by molar-refractivity contribution is -1.02. The van der Waals surface area contributed by atoms with Crippen molar-refractivity contribution in [2.24, 2.45) is 0 Å². The molecule has 2 aliphatic heterocycles. The van der Waals surface area contributed by atoms with Crippen LogP contribution in [-0.4, -0.2) is 33.0 Å². The van der Waals surface area contributed by atoms with Crippen molar-refractivity contribution in [2.75, 3.05) is 33.0 Å². The van der Waals surface area contributed by atoms with Crippen molar-refractivity contribution in [3.8, 4) is 11.5 Å². The van der Waals surface area contributed by atoms with E-state index >= 15 is 0 Å². The van der Waals surface area contributed by atoms with Gasteiger partial charge in [0.1, 0.15) is 39.3 Å². The Morgan fingerprint density at radius 3 is 2.33 bits per heavy atom. The Morgan fingerprint density at radius 2 is 1.54 bits per heavy atom. The van der Waals surface area contributed by atoms with E-state index in [1.54, 1.807) is 9.80 Å². The lowest BCUT2D eigenvalue weighted by Crippen LogP contribution is -3.27. The van der Waals surface area contributed by atoms with E-state index in [2.05, 4.69) is 24.3 Å². The summed E-state index contributed by atoms with van der Waals surface area (Å²) in [5, 5.41) is 0.889. The second kappa shape index (κ2) is 7.01. The molecule has 0 unspecified atom stereocenters. The lowest BCUT2D eigenvalue weighted by Gasteiger charge is -2.30. The SMILES string of the molecule is Clc1ccccc1C[NH+]1CC[NH+](Cc2ccc3c(c2)OCO3)CC1. The maximum Gasteiger partial charge on any atom is 0.231 e. The zero-order valence-corrected chi connectivity index (χ0v) is 14.4. The van der Waals surface area contributed by atoms with Crippen LogP contribution < -0.4 is 19.3 Å². The Labute approximate surface area is 147 Å². The fourth-order valence-corrected chi connectivity index (χ4v) is 3.76. The zero-order chi connectivity index (χ0) is 16.4. The molecule has 0 bridgehead atoms. The minimum atomic E-state index is 0.343. The third-order valence-electron chi connectivity index (χ3n) is 4.95. The van der Waals surface area contributed by atoms with Crippen molar-refractivity contribution < 1.29 is 19.3 Å². The minimum absolute atomic E-state index is 0.343. The van der Waals surface area contributed by atoms with Crippen molar-refractivity contribution in [3.05, 3.63) is 58.6 Å². The van der Waals surface area contributed by atoms with Crippen molar-refractivity contribution in [1.82, 2.24) is 0 Å². The molecular weight excluding hydrogens is 324 g/mol. The number of fused-ring (bicyclic) bond motifs is 1. The molecule has 0 aliphatic carbocycles. The fourth-order valence-electron chi connectivity index (χ4n) is 3.56. The first kappa shape index (κ1) is 15.8. The molecule has 0 aromatic heterocycles. The molecule has 1 saturated heterocycles. The molecule has 2 N–H and O–H groups in total. The normalized spacial score (nSPS) is 22.5. The molecule has 0 saturated carbocycles. The highest BCUT2D eigenvalue weighted by Crippen LogP contribution is 2.32. The van der Waals surface area contributed by atoms with Crippen LogP contribution in [0.3, 0.4) is 0 Å². The molecule has 0 amide bonds. The number of nitrogens with one attached hydrogen (secondary N) is 2. The Kier molecular flexibility index (Phi) is 4.60. The first-order valence-electron chi connectivity index (χ1n) is 8.57. The molecule has 5 heteroatoms. The highest BCUT2D eigenvalue weighted by Gasteiger charge is 2.24. The third kappa shape index (κ3) is 3.51. The molecule has 2 aromatic rings. The van der Waals surface area contributed by atoms with Crippen LogP contribution in [0.5, 0.6) is 11.5 Å². The Morgan fingerprint density at radius 1 is 0.833 bits per heavy atom. The van der Waals surface area contributed by atoms with Gasteiger partial charge in [-0.25, -0.2) is 0 Å². The molecule has 4 rings (SSSR count). The molecule has 0 radical (unpaired) electrons. The Bertz CT molecular complexity index is 714. The zero-order valence-electron chi connectivity index (χ0n) is 13.7. The van der Waals surface area contributed by atoms with Gasteiger partial charge in [0.2, 0.25) is 6.79 Å². The summed E-state index contributed by atoms with van der Waals surface area (Å²) < 4.78 is 10.9. The number of halogens is 1. The summed E-state index contributed by atoms with van der Waals surface area (Å²) in [5.41, 5.74) is 2.58. The van der Waals surface area contributed by atoms with Crippen molar-refractivity contribution in [2.45, 2.75) is 13.1 Å². The molecule has 126 valence electrons. The molecule has 0 spiro atoms. The van der Waals surface area contributed by atoms with E-state index in [1.165, 1.54) is 37.3 Å². The maximum absolute atomic E-state index is 6.29. The summed E-state index contributed by atoms with van der Waals surface area (Å²) in [6.45, 7) is 7.17. The monoisotopic (exact) mass is 346 g/mol. The molecular formula is C19H23ClN2O2+2. The maximum atomic E-state index is 6.29. The number of rotatable bonds is 4. The average molecular weight is 347 g/mol. The van der Waals surface area contributed by atoms with E-state index in [0.717, 1.165) is 29.6 Å². The van der Waals surface area contributed by atoms with E-state index in [9.17, 15) is 0 Å². The minimum Gasteiger partial charge on any atom is -0.454 e. The number of hydrogen-bond acceptors (Lipinski definition) is 2. The van der Waals surface area contributed by atoms with Crippen LogP contribution >= 0.6 is 11.6 Å². The van der Waals surface area contributed by atoms with Crippen LogP contribution in [0, 0.1) is 0 Å². The second-order valence-corrected chi connectivity index (χ2v) is 7.04. The quantitative estimate of drug-likeness (QED) is 0.846. The average Bonchev–Trinajstić information content (AvgIpc) is 3.06. The van der Waals surface area contributed by atoms with Gasteiger partial charge in [-0.2, -0.15) is 0 Å².